The van der Waals surface area contributed by atoms with Crippen molar-refractivity contribution in [3.63, 3.8) is 0 Å². The van der Waals surface area contributed by atoms with Crippen molar-refractivity contribution in [3.05, 3.63) is 24.2 Å². The van der Waals surface area contributed by atoms with Crippen molar-refractivity contribution in [2.24, 2.45) is 0 Å². The van der Waals surface area contributed by atoms with Gasteiger partial charge in [-0.2, -0.15) is 0 Å². The van der Waals surface area contributed by atoms with Crippen LogP contribution in [0.5, 0.6) is 0 Å². The van der Waals surface area contributed by atoms with E-state index in [4.69, 9.17) is 13.9 Å². The summed E-state index contributed by atoms with van der Waals surface area (Å²) < 4.78 is 16.3. The normalized spacial score (nSPS) is 23.6. The summed E-state index contributed by atoms with van der Waals surface area (Å²) in [5.74, 6) is 0.866. The Morgan fingerprint density at radius 3 is 2.73 bits per heavy atom. The van der Waals surface area contributed by atoms with Crippen LogP contribution in [0.2, 0.25) is 0 Å². The number of furan rings is 1. The second-order valence-electron chi connectivity index (χ2n) is 6.67. The molecule has 0 spiro atoms. The molecule has 0 radical (unpaired) electrons. The van der Waals surface area contributed by atoms with Crippen LogP contribution >= 0.6 is 0 Å². The molecule has 6 nitrogen and oxygen atoms in total. The van der Waals surface area contributed by atoms with Gasteiger partial charge in [0.1, 0.15) is 11.4 Å². The fourth-order valence-electron chi connectivity index (χ4n) is 2.59. The fourth-order valence-corrected chi connectivity index (χ4v) is 2.59. The maximum absolute atomic E-state index is 12.2. The molecular formula is C16H26N2O4. The van der Waals surface area contributed by atoms with Gasteiger partial charge in [-0.05, 0) is 39.8 Å². The molecule has 1 aromatic rings. The highest BCUT2D eigenvalue weighted by Crippen LogP contribution is 2.21. The second-order valence-corrected chi connectivity index (χ2v) is 6.67. The lowest BCUT2D eigenvalue weighted by Crippen LogP contribution is -2.41. The Labute approximate surface area is 131 Å². The number of hydrogen-bond donors (Lipinski definition) is 1. The molecular weight excluding hydrogens is 284 g/mol. The number of hydrogen-bond acceptors (Lipinski definition) is 5. The molecule has 0 saturated carbocycles. The zero-order valence-corrected chi connectivity index (χ0v) is 14.0. The monoisotopic (exact) mass is 310 g/mol. The first kappa shape index (κ1) is 16.8. The number of ether oxygens (including phenoxy) is 2. The Bertz CT molecular complexity index is 481. The summed E-state index contributed by atoms with van der Waals surface area (Å²) in [6.45, 7) is 8.70. The lowest BCUT2D eigenvalue weighted by atomic mass is 10.1. The SMILES string of the molecule is CO[C@H]1CN(C(=O)OC(C)(C)C)CC1NC(C)c1ccco1. The molecule has 2 rings (SSSR count). The average molecular weight is 310 g/mol. The molecule has 2 heterocycles. The molecule has 1 aromatic heterocycles. The molecule has 124 valence electrons. The van der Waals surface area contributed by atoms with E-state index in [2.05, 4.69) is 5.32 Å². The van der Waals surface area contributed by atoms with Gasteiger partial charge in [0.15, 0.2) is 0 Å². The van der Waals surface area contributed by atoms with Gasteiger partial charge in [0.05, 0.1) is 31.0 Å². The summed E-state index contributed by atoms with van der Waals surface area (Å²) in [5.41, 5.74) is -0.493. The molecule has 0 aromatic carbocycles. The van der Waals surface area contributed by atoms with Crippen LogP contribution in [0.25, 0.3) is 0 Å². The summed E-state index contributed by atoms with van der Waals surface area (Å²) in [6.07, 6.45) is 1.29. The fraction of sp³-hybridized carbons (Fsp3) is 0.688. The smallest absolute Gasteiger partial charge is 0.410 e. The molecule has 3 atom stereocenters. The number of amides is 1. The second kappa shape index (κ2) is 6.71. The lowest BCUT2D eigenvalue weighted by Gasteiger charge is -2.24. The zero-order chi connectivity index (χ0) is 16.3. The van der Waals surface area contributed by atoms with Gasteiger partial charge in [0.25, 0.3) is 0 Å². The summed E-state index contributed by atoms with van der Waals surface area (Å²) in [4.78, 5) is 13.9. The molecule has 6 heteroatoms. The number of carbonyl (C=O) groups is 1. The molecule has 0 aliphatic carbocycles. The topological polar surface area (TPSA) is 63.9 Å². The van der Waals surface area contributed by atoms with E-state index in [1.165, 1.54) is 0 Å². The highest BCUT2D eigenvalue weighted by atomic mass is 16.6. The van der Waals surface area contributed by atoms with Crippen LogP contribution in [0, 0.1) is 0 Å². The lowest BCUT2D eigenvalue weighted by molar-refractivity contribution is 0.0252. The van der Waals surface area contributed by atoms with Crippen molar-refractivity contribution < 1.29 is 18.7 Å². The van der Waals surface area contributed by atoms with Crippen LogP contribution in [0.4, 0.5) is 4.79 Å². The summed E-state index contributed by atoms with van der Waals surface area (Å²) in [5, 5.41) is 3.46. The molecule has 1 aliphatic heterocycles. The van der Waals surface area contributed by atoms with Gasteiger partial charge in [-0.3, -0.25) is 0 Å². The van der Waals surface area contributed by atoms with Gasteiger partial charge in [0, 0.05) is 13.7 Å². The van der Waals surface area contributed by atoms with Crippen molar-refractivity contribution in [1.29, 1.82) is 0 Å². The standard InChI is InChI=1S/C16H26N2O4/c1-11(13-7-6-8-21-13)17-12-9-18(10-14(12)20-5)15(19)22-16(2,3)4/h6-8,11-12,14,17H,9-10H2,1-5H3/t11?,12?,14-/m0/s1. The van der Waals surface area contributed by atoms with E-state index in [-0.39, 0.29) is 24.3 Å². The van der Waals surface area contributed by atoms with Crippen molar-refractivity contribution in [2.45, 2.75) is 51.5 Å². The van der Waals surface area contributed by atoms with Crippen LogP contribution < -0.4 is 5.32 Å². The van der Waals surface area contributed by atoms with Crippen LogP contribution in [0.3, 0.4) is 0 Å². The molecule has 1 aliphatic rings. The van der Waals surface area contributed by atoms with Gasteiger partial charge in [-0.15, -0.1) is 0 Å². The predicted molar refractivity (Wildman–Crippen MR) is 82.7 cm³/mol. The maximum atomic E-state index is 12.2. The van der Waals surface area contributed by atoms with E-state index < -0.39 is 5.60 Å². The highest BCUT2D eigenvalue weighted by Gasteiger charge is 2.38. The molecule has 0 bridgehead atoms. The van der Waals surface area contributed by atoms with Gasteiger partial charge >= 0.3 is 6.09 Å². The number of rotatable bonds is 4. The van der Waals surface area contributed by atoms with Crippen LogP contribution in [-0.2, 0) is 9.47 Å². The number of nitrogens with one attached hydrogen (secondary N) is 1. The minimum Gasteiger partial charge on any atom is -0.468 e. The Balaban J connectivity index is 1.96. The van der Waals surface area contributed by atoms with Crippen LogP contribution in [0.15, 0.2) is 22.8 Å². The average Bonchev–Trinajstić information content (AvgIpc) is 3.05. The van der Waals surface area contributed by atoms with E-state index in [9.17, 15) is 4.79 Å². The van der Waals surface area contributed by atoms with E-state index in [0.29, 0.717) is 13.1 Å². The van der Waals surface area contributed by atoms with E-state index in [0.717, 1.165) is 5.76 Å². The Morgan fingerprint density at radius 1 is 1.45 bits per heavy atom. The van der Waals surface area contributed by atoms with Gasteiger partial charge in [0.2, 0.25) is 0 Å². The molecule has 2 unspecified atom stereocenters. The Morgan fingerprint density at radius 2 is 2.18 bits per heavy atom. The van der Waals surface area contributed by atoms with E-state index in [1.54, 1.807) is 18.3 Å². The largest absolute Gasteiger partial charge is 0.468 e. The predicted octanol–water partition coefficient (Wildman–Crippen LogP) is 2.56. The number of carbonyl (C=O) groups excluding carboxylic acids is 1. The maximum Gasteiger partial charge on any atom is 0.410 e. The molecule has 1 fully saturated rings. The summed E-state index contributed by atoms with van der Waals surface area (Å²) >= 11 is 0. The minimum absolute atomic E-state index is 0.0395. The van der Waals surface area contributed by atoms with E-state index >= 15 is 0 Å². The number of nitrogens with zero attached hydrogens (tertiary/aromatic N) is 1. The van der Waals surface area contributed by atoms with Crippen molar-refractivity contribution in [1.82, 2.24) is 10.2 Å². The van der Waals surface area contributed by atoms with Gasteiger partial charge < -0.3 is 24.1 Å². The first-order valence-corrected chi connectivity index (χ1v) is 7.60. The third kappa shape index (κ3) is 4.24. The van der Waals surface area contributed by atoms with Crippen molar-refractivity contribution in [3.8, 4) is 0 Å². The van der Waals surface area contributed by atoms with Gasteiger partial charge in [-0.25, -0.2) is 4.79 Å². The quantitative estimate of drug-likeness (QED) is 0.926. The highest BCUT2D eigenvalue weighted by molar-refractivity contribution is 5.68. The van der Waals surface area contributed by atoms with Crippen LogP contribution in [-0.4, -0.2) is 48.9 Å². The summed E-state index contributed by atoms with van der Waals surface area (Å²) in [6, 6.07) is 3.89. The van der Waals surface area contributed by atoms with E-state index in [1.807, 2.05) is 39.8 Å². The van der Waals surface area contributed by atoms with Gasteiger partial charge in [-0.1, -0.05) is 0 Å². The Kier molecular flexibility index (Phi) is 5.13. The molecule has 1 saturated heterocycles. The van der Waals surface area contributed by atoms with Crippen LogP contribution in [0.1, 0.15) is 39.5 Å². The first-order valence-electron chi connectivity index (χ1n) is 7.60. The third-order valence-corrected chi connectivity index (χ3v) is 3.65. The molecule has 1 N–H and O–H groups in total. The van der Waals surface area contributed by atoms with Crippen molar-refractivity contribution in [2.75, 3.05) is 20.2 Å². The Hall–Kier alpha value is -1.53. The number of likely N-dealkylation sites (tertiary alicyclic amines) is 1. The summed E-state index contributed by atoms with van der Waals surface area (Å²) in [7, 11) is 1.66. The van der Waals surface area contributed by atoms with Crippen molar-refractivity contribution >= 4 is 6.09 Å². The molecule has 22 heavy (non-hydrogen) atoms. The molecule has 1 amide bonds. The third-order valence-electron chi connectivity index (χ3n) is 3.65. The minimum atomic E-state index is -0.493. The number of methoxy groups -OCH3 is 1. The zero-order valence-electron chi connectivity index (χ0n) is 14.0. The first-order chi connectivity index (χ1) is 10.3.